The largest absolute Gasteiger partial charge is 0.396 e. The molecule has 0 saturated carbocycles. The van der Waals surface area contributed by atoms with Crippen molar-refractivity contribution in [1.82, 2.24) is 4.98 Å². The van der Waals surface area contributed by atoms with E-state index in [-0.39, 0.29) is 0 Å². The van der Waals surface area contributed by atoms with Crippen LogP contribution in [0.5, 0.6) is 0 Å². The van der Waals surface area contributed by atoms with Gasteiger partial charge in [0.25, 0.3) is 0 Å². The fourth-order valence-electron chi connectivity index (χ4n) is 1.52. The molecule has 1 aromatic heterocycles. The number of aromatic nitrogens is 1. The Bertz CT molecular complexity index is 604. The predicted octanol–water partition coefficient (Wildman–Crippen LogP) is 2.80. The zero-order valence-corrected chi connectivity index (χ0v) is 10.3. The molecule has 18 heavy (non-hydrogen) atoms. The molecule has 0 bridgehead atoms. The maximum Gasteiger partial charge on any atom is 0.151 e. The molecular formula is C13H11ClN4. The molecule has 3 N–H and O–H groups in total. The smallest absolute Gasteiger partial charge is 0.151 e. The number of nitriles is 1. The Balaban J connectivity index is 2.11. The molecule has 0 amide bonds. The standard InChI is InChI=1S/C13H11ClN4/c14-12-5-4-11(16)13(18-12)17-8-10-3-1-2-9(6-10)7-15/h1-6H,8,16H2,(H,17,18). The normalized spacial score (nSPS) is 9.78. The van der Waals surface area contributed by atoms with Crippen molar-refractivity contribution in [1.29, 1.82) is 5.26 Å². The van der Waals surface area contributed by atoms with Crippen molar-refractivity contribution in [2.24, 2.45) is 0 Å². The van der Waals surface area contributed by atoms with E-state index in [0.717, 1.165) is 5.56 Å². The molecular weight excluding hydrogens is 248 g/mol. The van der Waals surface area contributed by atoms with E-state index in [9.17, 15) is 0 Å². The molecule has 0 unspecified atom stereocenters. The summed E-state index contributed by atoms with van der Waals surface area (Å²) in [7, 11) is 0. The van der Waals surface area contributed by atoms with Gasteiger partial charge in [0.2, 0.25) is 0 Å². The van der Waals surface area contributed by atoms with Crippen LogP contribution in [0, 0.1) is 11.3 Å². The van der Waals surface area contributed by atoms with Crippen molar-refractivity contribution in [2.75, 3.05) is 11.1 Å². The zero-order valence-electron chi connectivity index (χ0n) is 9.52. The number of hydrogen-bond acceptors (Lipinski definition) is 4. The number of anilines is 2. The highest BCUT2D eigenvalue weighted by molar-refractivity contribution is 6.29. The highest BCUT2D eigenvalue weighted by Gasteiger charge is 2.02. The van der Waals surface area contributed by atoms with Crippen molar-refractivity contribution in [3.05, 3.63) is 52.7 Å². The van der Waals surface area contributed by atoms with Crippen molar-refractivity contribution >= 4 is 23.1 Å². The van der Waals surface area contributed by atoms with Gasteiger partial charge in [-0.15, -0.1) is 0 Å². The molecule has 1 aromatic carbocycles. The third-order valence-electron chi connectivity index (χ3n) is 2.41. The minimum absolute atomic E-state index is 0.387. The van der Waals surface area contributed by atoms with E-state index in [1.807, 2.05) is 18.2 Å². The summed E-state index contributed by atoms with van der Waals surface area (Å²) in [5, 5.41) is 12.3. The van der Waals surface area contributed by atoms with Gasteiger partial charge in [0, 0.05) is 6.54 Å². The molecule has 5 heteroatoms. The number of halogens is 1. The Morgan fingerprint density at radius 1 is 1.33 bits per heavy atom. The molecule has 2 aromatic rings. The van der Waals surface area contributed by atoms with E-state index < -0.39 is 0 Å². The summed E-state index contributed by atoms with van der Waals surface area (Å²) in [5.74, 6) is 0.546. The second-order valence-electron chi connectivity index (χ2n) is 3.74. The highest BCUT2D eigenvalue weighted by Crippen LogP contribution is 2.19. The Hall–Kier alpha value is -2.25. The first-order valence-electron chi connectivity index (χ1n) is 5.34. The Labute approximate surface area is 110 Å². The van der Waals surface area contributed by atoms with Crippen LogP contribution in [-0.2, 0) is 6.54 Å². The van der Waals surface area contributed by atoms with E-state index in [1.165, 1.54) is 0 Å². The van der Waals surface area contributed by atoms with Gasteiger partial charge in [0.05, 0.1) is 17.3 Å². The Kier molecular flexibility index (Phi) is 3.66. The molecule has 2 rings (SSSR count). The molecule has 4 nitrogen and oxygen atoms in total. The molecule has 90 valence electrons. The Morgan fingerprint density at radius 2 is 2.17 bits per heavy atom. The monoisotopic (exact) mass is 258 g/mol. The van der Waals surface area contributed by atoms with Crippen molar-refractivity contribution < 1.29 is 0 Å². The molecule has 0 fully saturated rings. The minimum atomic E-state index is 0.387. The van der Waals surface area contributed by atoms with Gasteiger partial charge in [-0.25, -0.2) is 4.98 Å². The SMILES string of the molecule is N#Cc1cccc(CNc2nc(Cl)ccc2N)c1. The van der Waals surface area contributed by atoms with Gasteiger partial charge in [-0.2, -0.15) is 5.26 Å². The summed E-state index contributed by atoms with van der Waals surface area (Å²) in [5.41, 5.74) is 7.92. The first-order chi connectivity index (χ1) is 8.69. The van der Waals surface area contributed by atoms with Crippen molar-refractivity contribution in [2.45, 2.75) is 6.54 Å². The van der Waals surface area contributed by atoms with Crippen LogP contribution in [0.1, 0.15) is 11.1 Å². The lowest BCUT2D eigenvalue weighted by Gasteiger charge is -2.08. The summed E-state index contributed by atoms with van der Waals surface area (Å²) in [6.07, 6.45) is 0. The number of rotatable bonds is 3. The first kappa shape index (κ1) is 12.2. The lowest BCUT2D eigenvalue weighted by atomic mass is 10.1. The maximum atomic E-state index is 8.81. The minimum Gasteiger partial charge on any atom is -0.396 e. The van der Waals surface area contributed by atoms with Gasteiger partial charge < -0.3 is 11.1 Å². The lowest BCUT2D eigenvalue weighted by molar-refractivity contribution is 1.11. The number of hydrogen-bond donors (Lipinski definition) is 2. The molecule has 0 radical (unpaired) electrons. The number of benzene rings is 1. The highest BCUT2D eigenvalue weighted by atomic mass is 35.5. The van der Waals surface area contributed by atoms with Gasteiger partial charge in [-0.1, -0.05) is 23.7 Å². The summed E-state index contributed by atoms with van der Waals surface area (Å²) in [6, 6.07) is 12.8. The van der Waals surface area contributed by atoms with Gasteiger partial charge >= 0.3 is 0 Å². The first-order valence-corrected chi connectivity index (χ1v) is 5.72. The molecule has 0 aliphatic heterocycles. The summed E-state index contributed by atoms with van der Waals surface area (Å²) in [4.78, 5) is 4.09. The third-order valence-corrected chi connectivity index (χ3v) is 2.62. The summed E-state index contributed by atoms with van der Waals surface area (Å²) < 4.78 is 0. The number of nitrogens with one attached hydrogen (secondary N) is 1. The van der Waals surface area contributed by atoms with E-state index in [0.29, 0.717) is 28.8 Å². The molecule has 0 spiro atoms. The molecule has 0 aliphatic rings. The van der Waals surface area contributed by atoms with Gasteiger partial charge in [0.15, 0.2) is 5.82 Å². The van der Waals surface area contributed by atoms with Crippen LogP contribution >= 0.6 is 11.6 Å². The average Bonchev–Trinajstić information content (AvgIpc) is 2.40. The van der Waals surface area contributed by atoms with E-state index >= 15 is 0 Å². The summed E-state index contributed by atoms with van der Waals surface area (Å²) >= 11 is 5.80. The van der Waals surface area contributed by atoms with Crippen LogP contribution < -0.4 is 11.1 Å². The lowest BCUT2D eigenvalue weighted by Crippen LogP contribution is -2.04. The molecule has 0 atom stereocenters. The third kappa shape index (κ3) is 2.90. The van der Waals surface area contributed by atoms with E-state index in [4.69, 9.17) is 22.6 Å². The Morgan fingerprint density at radius 3 is 2.94 bits per heavy atom. The van der Waals surface area contributed by atoms with Crippen LogP contribution in [0.25, 0.3) is 0 Å². The van der Waals surface area contributed by atoms with Crippen molar-refractivity contribution in [3.8, 4) is 6.07 Å². The average molecular weight is 259 g/mol. The molecule has 1 heterocycles. The quantitative estimate of drug-likeness (QED) is 0.830. The maximum absolute atomic E-state index is 8.81. The topological polar surface area (TPSA) is 74.7 Å². The number of nitrogen functional groups attached to an aromatic ring is 1. The predicted molar refractivity (Wildman–Crippen MR) is 72.1 cm³/mol. The van der Waals surface area contributed by atoms with Gasteiger partial charge in [-0.3, -0.25) is 0 Å². The van der Waals surface area contributed by atoms with Crippen LogP contribution in [0.2, 0.25) is 5.15 Å². The van der Waals surface area contributed by atoms with Crippen LogP contribution in [-0.4, -0.2) is 4.98 Å². The van der Waals surface area contributed by atoms with E-state index in [2.05, 4.69) is 16.4 Å². The van der Waals surface area contributed by atoms with Gasteiger partial charge in [-0.05, 0) is 29.8 Å². The van der Waals surface area contributed by atoms with Crippen LogP contribution in [0.4, 0.5) is 11.5 Å². The van der Waals surface area contributed by atoms with Crippen molar-refractivity contribution in [3.63, 3.8) is 0 Å². The second-order valence-corrected chi connectivity index (χ2v) is 4.12. The number of pyridine rings is 1. The number of nitrogens with zero attached hydrogens (tertiary/aromatic N) is 2. The van der Waals surface area contributed by atoms with Crippen LogP contribution in [0.3, 0.4) is 0 Å². The number of nitrogens with two attached hydrogens (primary N) is 1. The fraction of sp³-hybridized carbons (Fsp3) is 0.0769. The molecule has 0 aliphatic carbocycles. The zero-order chi connectivity index (χ0) is 13.0. The summed E-state index contributed by atoms with van der Waals surface area (Å²) in [6.45, 7) is 0.535. The fourth-order valence-corrected chi connectivity index (χ4v) is 1.67. The van der Waals surface area contributed by atoms with Gasteiger partial charge in [0.1, 0.15) is 5.15 Å². The van der Waals surface area contributed by atoms with Crippen LogP contribution in [0.15, 0.2) is 36.4 Å². The molecule has 0 saturated heterocycles. The van der Waals surface area contributed by atoms with E-state index in [1.54, 1.807) is 18.2 Å². The second kappa shape index (κ2) is 5.39.